The smallest absolute Gasteiger partial charge is 0.255 e. The van der Waals surface area contributed by atoms with Crippen molar-refractivity contribution in [3.63, 3.8) is 0 Å². The summed E-state index contributed by atoms with van der Waals surface area (Å²) in [4.78, 5) is 12.1. The van der Waals surface area contributed by atoms with Crippen molar-refractivity contribution in [2.24, 2.45) is 5.10 Å². The molecule has 0 aromatic heterocycles. The Balaban J connectivity index is 1.66. The number of likely N-dealkylation sites (N-methyl/N-ethyl adjacent to an activating group) is 1. The number of hydrogen-bond acceptors (Lipinski definition) is 5. The van der Waals surface area contributed by atoms with E-state index in [-0.39, 0.29) is 17.2 Å². The van der Waals surface area contributed by atoms with Gasteiger partial charge >= 0.3 is 0 Å². The molecule has 0 fully saturated rings. The molecule has 0 atom stereocenters. The molecule has 8 heteroatoms. The second-order valence-corrected chi connectivity index (χ2v) is 8.20. The van der Waals surface area contributed by atoms with Crippen molar-refractivity contribution in [2.45, 2.75) is 4.90 Å². The summed E-state index contributed by atoms with van der Waals surface area (Å²) < 4.78 is 26.4. The fourth-order valence-electron chi connectivity index (χ4n) is 2.61. The van der Waals surface area contributed by atoms with Gasteiger partial charge in [-0.15, -0.1) is 0 Å². The fraction of sp³-hybridized carbons (Fsp3) is 0.100. The molecule has 0 saturated heterocycles. The van der Waals surface area contributed by atoms with Crippen LogP contribution in [0.2, 0.25) is 0 Å². The quantitative estimate of drug-likeness (QED) is 0.492. The van der Waals surface area contributed by atoms with Crippen molar-refractivity contribution < 1.29 is 18.3 Å². The van der Waals surface area contributed by atoms with E-state index in [1.165, 1.54) is 31.5 Å². The van der Waals surface area contributed by atoms with E-state index in [2.05, 4.69) is 10.5 Å². The van der Waals surface area contributed by atoms with Crippen LogP contribution in [0.1, 0.15) is 5.56 Å². The van der Waals surface area contributed by atoms with Crippen LogP contribution >= 0.6 is 0 Å². The first kappa shape index (κ1) is 19.5. The third-order valence-electron chi connectivity index (χ3n) is 4.07. The number of amides is 1. The van der Waals surface area contributed by atoms with E-state index in [0.29, 0.717) is 5.56 Å². The summed E-state index contributed by atoms with van der Waals surface area (Å²) in [6.07, 6.45) is 1.36. The molecule has 28 heavy (non-hydrogen) atoms. The minimum Gasteiger partial charge on any atom is -0.508 e. The number of phenols is 1. The Morgan fingerprint density at radius 2 is 1.82 bits per heavy atom. The van der Waals surface area contributed by atoms with Crippen molar-refractivity contribution >= 4 is 32.9 Å². The number of carbonyl (C=O) groups excluding carboxylic acids is 1. The summed E-state index contributed by atoms with van der Waals surface area (Å²) in [6, 6.07) is 18.6. The lowest BCUT2D eigenvalue weighted by atomic mass is 10.1. The molecule has 7 nitrogen and oxygen atoms in total. The first-order valence-electron chi connectivity index (χ1n) is 8.42. The number of rotatable bonds is 6. The van der Waals surface area contributed by atoms with Crippen LogP contribution < -0.4 is 5.43 Å². The van der Waals surface area contributed by atoms with Crippen molar-refractivity contribution in [3.8, 4) is 5.75 Å². The molecule has 3 rings (SSSR count). The molecule has 3 aromatic rings. The molecule has 0 aliphatic heterocycles. The number of nitrogens with zero attached hydrogens (tertiary/aromatic N) is 2. The Kier molecular flexibility index (Phi) is 5.72. The second kappa shape index (κ2) is 8.20. The number of aromatic hydroxyl groups is 1. The van der Waals surface area contributed by atoms with Gasteiger partial charge in [0.05, 0.1) is 17.7 Å². The number of phenolic OH excluding ortho intramolecular Hbond substituents is 1. The number of fused-ring (bicyclic) bond motifs is 1. The Labute approximate surface area is 163 Å². The standard InChI is InChI=1S/C20H19N3O4S/c1-23(14-20(25)22-21-13-15-5-4-8-18(24)11-15)28(26,27)19-10-9-16-6-2-3-7-17(16)12-19/h2-13,24H,14H2,1H3,(H,22,25)/b21-13-. The van der Waals surface area contributed by atoms with Crippen molar-refractivity contribution in [1.82, 2.24) is 9.73 Å². The molecule has 0 spiro atoms. The highest BCUT2D eigenvalue weighted by Gasteiger charge is 2.23. The van der Waals surface area contributed by atoms with Crippen LogP contribution in [0.4, 0.5) is 0 Å². The summed E-state index contributed by atoms with van der Waals surface area (Å²) in [7, 11) is -2.48. The highest BCUT2D eigenvalue weighted by molar-refractivity contribution is 7.89. The summed E-state index contributed by atoms with van der Waals surface area (Å²) in [5.74, 6) is -0.500. The van der Waals surface area contributed by atoms with Gasteiger partial charge in [0.2, 0.25) is 10.0 Å². The van der Waals surface area contributed by atoms with Gasteiger partial charge in [0.15, 0.2) is 0 Å². The molecule has 0 heterocycles. The van der Waals surface area contributed by atoms with Crippen LogP contribution in [-0.4, -0.2) is 43.5 Å². The van der Waals surface area contributed by atoms with Gasteiger partial charge in [-0.25, -0.2) is 13.8 Å². The average molecular weight is 397 g/mol. The Hall–Kier alpha value is -3.23. The van der Waals surface area contributed by atoms with Gasteiger partial charge in [-0.3, -0.25) is 4.79 Å². The van der Waals surface area contributed by atoms with Crippen LogP contribution in [0.25, 0.3) is 10.8 Å². The molecule has 1 amide bonds. The Bertz CT molecular complexity index is 1140. The molecular weight excluding hydrogens is 378 g/mol. The summed E-state index contributed by atoms with van der Waals surface area (Å²) in [5.41, 5.74) is 2.87. The maximum atomic E-state index is 12.7. The zero-order chi connectivity index (χ0) is 20.1. The lowest BCUT2D eigenvalue weighted by Gasteiger charge is -2.16. The van der Waals surface area contributed by atoms with E-state index in [0.717, 1.165) is 15.1 Å². The first-order chi connectivity index (χ1) is 13.4. The van der Waals surface area contributed by atoms with E-state index < -0.39 is 15.9 Å². The largest absolute Gasteiger partial charge is 0.508 e. The second-order valence-electron chi connectivity index (χ2n) is 6.16. The van der Waals surface area contributed by atoms with Crippen molar-refractivity contribution in [2.75, 3.05) is 13.6 Å². The normalized spacial score (nSPS) is 11.9. The van der Waals surface area contributed by atoms with Crippen LogP contribution in [-0.2, 0) is 14.8 Å². The lowest BCUT2D eigenvalue weighted by Crippen LogP contribution is -2.36. The highest BCUT2D eigenvalue weighted by Crippen LogP contribution is 2.21. The summed E-state index contributed by atoms with van der Waals surface area (Å²) >= 11 is 0. The van der Waals surface area contributed by atoms with E-state index >= 15 is 0 Å². The minimum atomic E-state index is -3.82. The van der Waals surface area contributed by atoms with Crippen LogP contribution in [0.15, 0.2) is 76.7 Å². The molecule has 0 radical (unpaired) electrons. The van der Waals surface area contributed by atoms with E-state index in [1.807, 2.05) is 24.3 Å². The zero-order valence-electron chi connectivity index (χ0n) is 15.1. The van der Waals surface area contributed by atoms with Gasteiger partial charge in [-0.1, -0.05) is 42.5 Å². The number of hydrogen-bond donors (Lipinski definition) is 2. The topological polar surface area (TPSA) is 99.1 Å². The number of hydrazone groups is 1. The number of carbonyl (C=O) groups is 1. The molecule has 3 aromatic carbocycles. The monoisotopic (exact) mass is 397 g/mol. The van der Waals surface area contributed by atoms with Crippen molar-refractivity contribution in [1.29, 1.82) is 0 Å². The molecule has 0 bridgehead atoms. The summed E-state index contributed by atoms with van der Waals surface area (Å²) in [5, 5.41) is 14.9. The van der Waals surface area contributed by atoms with Crippen LogP contribution in [0, 0.1) is 0 Å². The van der Waals surface area contributed by atoms with Crippen LogP contribution in [0.3, 0.4) is 0 Å². The minimum absolute atomic E-state index is 0.0801. The summed E-state index contributed by atoms with van der Waals surface area (Å²) in [6.45, 7) is -0.382. The fourth-order valence-corrected chi connectivity index (χ4v) is 3.78. The Morgan fingerprint density at radius 1 is 1.07 bits per heavy atom. The average Bonchev–Trinajstić information content (AvgIpc) is 2.67. The SMILES string of the molecule is CN(CC(=O)N/N=C\c1cccc(O)c1)S(=O)(=O)c1ccc2ccccc2c1. The lowest BCUT2D eigenvalue weighted by molar-refractivity contribution is -0.121. The molecule has 0 saturated carbocycles. The predicted octanol–water partition coefficient (Wildman–Crippen LogP) is 2.32. The first-order valence-corrected chi connectivity index (χ1v) is 9.86. The van der Waals surface area contributed by atoms with E-state index in [1.54, 1.807) is 24.3 Å². The Morgan fingerprint density at radius 3 is 2.57 bits per heavy atom. The highest BCUT2D eigenvalue weighted by atomic mass is 32.2. The number of benzene rings is 3. The van der Waals surface area contributed by atoms with Crippen LogP contribution in [0.5, 0.6) is 5.75 Å². The van der Waals surface area contributed by atoms with Gasteiger partial charge in [0, 0.05) is 7.05 Å². The predicted molar refractivity (Wildman–Crippen MR) is 108 cm³/mol. The van der Waals surface area contributed by atoms with E-state index in [4.69, 9.17) is 0 Å². The molecular formula is C20H19N3O4S. The van der Waals surface area contributed by atoms with Gasteiger partial charge in [0.25, 0.3) is 5.91 Å². The molecule has 2 N–H and O–H groups in total. The van der Waals surface area contributed by atoms with Gasteiger partial charge in [-0.05, 0) is 40.6 Å². The zero-order valence-corrected chi connectivity index (χ0v) is 15.9. The van der Waals surface area contributed by atoms with Gasteiger partial charge < -0.3 is 5.11 Å². The van der Waals surface area contributed by atoms with E-state index in [9.17, 15) is 18.3 Å². The maximum Gasteiger partial charge on any atom is 0.255 e. The molecule has 0 unspecified atom stereocenters. The molecule has 144 valence electrons. The number of nitrogens with one attached hydrogen (secondary N) is 1. The third kappa shape index (κ3) is 4.54. The molecule has 0 aliphatic rings. The number of sulfonamides is 1. The third-order valence-corrected chi connectivity index (χ3v) is 5.87. The van der Waals surface area contributed by atoms with Crippen molar-refractivity contribution in [3.05, 3.63) is 72.3 Å². The molecule has 0 aliphatic carbocycles. The maximum absolute atomic E-state index is 12.7. The van der Waals surface area contributed by atoms with Gasteiger partial charge in [0.1, 0.15) is 5.75 Å². The van der Waals surface area contributed by atoms with Gasteiger partial charge in [-0.2, -0.15) is 9.41 Å².